The van der Waals surface area contributed by atoms with Crippen LogP contribution in [0, 0.1) is 10.2 Å². The van der Waals surface area contributed by atoms with Crippen molar-refractivity contribution in [1.29, 1.82) is 0 Å². The van der Waals surface area contributed by atoms with Gasteiger partial charge in [0.1, 0.15) is 6.54 Å². The molecule has 59 heavy (non-hydrogen) atoms. The number of allylic oxidation sites excluding steroid dienone is 5. The lowest BCUT2D eigenvalue weighted by atomic mass is 10.0. The largest absolute Gasteiger partial charge is 0.340 e. The van der Waals surface area contributed by atoms with Gasteiger partial charge in [-0.2, -0.15) is 4.58 Å². The summed E-state index contributed by atoms with van der Waals surface area (Å²) in [7, 11) is -4.94. The van der Waals surface area contributed by atoms with Crippen molar-refractivity contribution in [3.63, 3.8) is 0 Å². The van der Waals surface area contributed by atoms with Gasteiger partial charge in [0.05, 0.1) is 16.6 Å². The number of rotatable bonds is 12. The van der Waals surface area contributed by atoms with Gasteiger partial charge in [-0.15, -0.1) is 10.2 Å². The molecule has 0 radical (unpaired) electrons. The Bertz CT molecular complexity index is 2740. The van der Waals surface area contributed by atoms with Crippen molar-refractivity contribution in [2.24, 2.45) is 0 Å². The van der Waals surface area contributed by atoms with E-state index < -0.39 is 10.2 Å². The zero-order valence-corrected chi connectivity index (χ0v) is 34.3. The summed E-state index contributed by atoms with van der Waals surface area (Å²) in [6, 6.07) is 48.9. The van der Waals surface area contributed by atoms with Crippen LogP contribution in [0.15, 0.2) is 169 Å². The number of aromatic nitrogens is 1. The highest BCUT2D eigenvalue weighted by Crippen LogP contribution is 2.42. The first kappa shape index (κ1) is 40.0. The number of anilines is 2. The molecule has 0 atom stereocenters. The smallest absolute Gasteiger partial charge is 0.214 e. The van der Waals surface area contributed by atoms with E-state index in [1.54, 1.807) is 0 Å². The van der Waals surface area contributed by atoms with Gasteiger partial charge in [-0.05, 0) is 83.7 Å². The summed E-state index contributed by atoms with van der Waals surface area (Å²) < 4.78 is 39.1. The molecule has 2 heterocycles. The highest BCUT2D eigenvalue weighted by Gasteiger charge is 2.31. The third-order valence-electron chi connectivity index (χ3n) is 11.4. The lowest BCUT2D eigenvalue weighted by molar-refractivity contribution is -2.00. The minimum absolute atomic E-state index is 0.978. The van der Waals surface area contributed by atoms with Gasteiger partial charge in [-0.3, -0.25) is 0 Å². The molecule has 0 N–H and O–H groups in total. The van der Waals surface area contributed by atoms with Crippen LogP contribution in [0.2, 0.25) is 0 Å². The minimum atomic E-state index is -4.94. The highest BCUT2D eigenvalue weighted by molar-refractivity contribution is 6.19. The summed E-state index contributed by atoms with van der Waals surface area (Å²) in [4.78, 5) is 2.49. The number of benzene rings is 6. The van der Waals surface area contributed by atoms with E-state index in [0.717, 1.165) is 51.6 Å². The maximum atomic E-state index is 8.49. The van der Waals surface area contributed by atoms with Crippen molar-refractivity contribution in [3.05, 3.63) is 179 Å². The molecule has 298 valence electrons. The molecule has 0 saturated carbocycles. The molecule has 9 rings (SSSR count). The van der Waals surface area contributed by atoms with Crippen molar-refractivity contribution >= 4 is 61.3 Å². The fraction of sp³-hybridized carbons (Fsp3) is 0.196. The lowest BCUT2D eigenvalue weighted by Crippen LogP contribution is -2.68. The number of aryl methyl sites for hydroxylation is 1. The maximum absolute atomic E-state index is 8.49. The van der Waals surface area contributed by atoms with Gasteiger partial charge in [-0.25, -0.2) is 18.6 Å². The Morgan fingerprint density at radius 3 is 1.92 bits per heavy atom. The van der Waals surface area contributed by atoms with Crippen LogP contribution in [0.4, 0.5) is 17.1 Å². The zero-order valence-electron chi connectivity index (χ0n) is 33.5. The van der Waals surface area contributed by atoms with Crippen LogP contribution in [-0.2, 0) is 6.54 Å². The Kier molecular flexibility index (Phi) is 11.9. The van der Waals surface area contributed by atoms with Crippen LogP contribution in [-0.4, -0.2) is 21.4 Å². The average Bonchev–Trinajstić information content (AvgIpc) is 3.89. The Morgan fingerprint density at radius 1 is 0.644 bits per heavy atom. The number of unbranched alkanes of at least 4 members (excludes halogenated alkanes) is 2. The number of hydrogen-bond donors (Lipinski definition) is 0. The second-order valence-corrected chi connectivity index (χ2v) is 15.8. The predicted octanol–water partition coefficient (Wildman–Crippen LogP) is 7.81. The van der Waals surface area contributed by atoms with Gasteiger partial charge in [0.15, 0.2) is 0 Å². The van der Waals surface area contributed by atoms with E-state index in [1.165, 1.54) is 83.0 Å². The molecule has 0 amide bonds. The van der Waals surface area contributed by atoms with Crippen LogP contribution >= 0.6 is 0 Å². The van der Waals surface area contributed by atoms with Crippen molar-refractivity contribution < 1.29 is 33.5 Å². The van der Waals surface area contributed by atoms with Crippen molar-refractivity contribution in [2.45, 2.75) is 58.9 Å². The fourth-order valence-electron chi connectivity index (χ4n) is 8.79. The molecule has 0 saturated heterocycles. The summed E-state index contributed by atoms with van der Waals surface area (Å²) in [6.45, 7) is 6.60. The molecule has 8 heteroatoms. The maximum Gasteiger partial charge on any atom is 0.214 e. The Morgan fingerprint density at radius 2 is 1.25 bits per heavy atom. The van der Waals surface area contributed by atoms with Crippen LogP contribution in [0.25, 0.3) is 38.5 Å². The highest BCUT2D eigenvalue weighted by atomic mass is 35.7. The van der Waals surface area contributed by atoms with Gasteiger partial charge < -0.3 is 9.47 Å². The zero-order chi connectivity index (χ0) is 40.9. The molecule has 7 aromatic rings. The van der Waals surface area contributed by atoms with Gasteiger partial charge in [-0.1, -0.05) is 130 Å². The van der Waals surface area contributed by atoms with Crippen molar-refractivity contribution in [1.82, 2.24) is 4.57 Å². The van der Waals surface area contributed by atoms with E-state index in [0.29, 0.717) is 0 Å². The molecule has 1 aliphatic heterocycles. The number of nitrogens with zero attached hydrogens (tertiary/aromatic N) is 3. The standard InChI is InChI=1S/C51H48N3.ClHO4/c1-3-5-35-52-45(43-25-13-17-37-19-15-27-47(52)49(37)43)33-31-39-29-30-40(51(39)54(41-21-9-7-10-22-41)42-23-11-8-12-24-42)32-34-46-44-26-14-18-38-20-16-28-48(50(38)44)53(46)36-6-4-2;2-1(3,4)5/h7-28,31-34H,3-6,29-30,35-36H2,1-2H3;(H,2,3,4,5)/q+1;/p-1. The van der Waals surface area contributed by atoms with Gasteiger partial charge in [0.25, 0.3) is 0 Å². The number of para-hydroxylation sites is 2. The first-order valence-electron chi connectivity index (χ1n) is 20.6. The molecular weight excluding hydrogens is 754 g/mol. The topological polar surface area (TPSA) is 103 Å². The molecule has 6 aromatic carbocycles. The fourth-order valence-corrected chi connectivity index (χ4v) is 8.79. The molecule has 0 unspecified atom stereocenters. The van der Waals surface area contributed by atoms with Crippen LogP contribution in [0.3, 0.4) is 0 Å². The Hall–Kier alpha value is -5.80. The Labute approximate surface area is 347 Å². The second kappa shape index (κ2) is 17.6. The van der Waals surface area contributed by atoms with E-state index >= 15 is 0 Å². The Balaban J connectivity index is 0.000000915. The summed E-state index contributed by atoms with van der Waals surface area (Å²) in [5, 5.41) is 8.01. The first-order chi connectivity index (χ1) is 28.7. The average molecular weight is 802 g/mol. The van der Waals surface area contributed by atoms with E-state index in [9.17, 15) is 0 Å². The summed E-state index contributed by atoms with van der Waals surface area (Å²) in [5.74, 6) is 0. The molecule has 1 aliphatic carbocycles. The molecule has 0 spiro atoms. The SMILES string of the molecule is CCCCn1/c(=C\C=C2\CCC(/C=C/C3=[N+](CCCC)c4cccc5cccc3c45)=C2N(c2ccccc2)c2ccccc2)c2cccc3cccc1c32.[O-][Cl+3]([O-])([O-])[O-]. The molecule has 7 nitrogen and oxygen atoms in total. The first-order valence-corrected chi connectivity index (χ1v) is 21.8. The van der Waals surface area contributed by atoms with E-state index in [2.05, 4.69) is 186 Å². The monoisotopic (exact) mass is 801 g/mol. The minimum Gasteiger partial charge on any atom is -0.340 e. The van der Waals surface area contributed by atoms with Crippen LogP contribution < -0.4 is 28.9 Å². The van der Waals surface area contributed by atoms with Gasteiger partial charge >= 0.3 is 0 Å². The number of halogens is 1. The summed E-state index contributed by atoms with van der Waals surface area (Å²) >= 11 is 0. The van der Waals surface area contributed by atoms with Crippen molar-refractivity contribution in [2.75, 3.05) is 11.4 Å². The van der Waals surface area contributed by atoms with Gasteiger partial charge in [0, 0.05) is 58.1 Å². The van der Waals surface area contributed by atoms with E-state index in [-0.39, 0.29) is 0 Å². The number of hydrogen-bond acceptors (Lipinski definition) is 5. The van der Waals surface area contributed by atoms with Crippen LogP contribution in [0.1, 0.15) is 57.9 Å². The van der Waals surface area contributed by atoms with Crippen molar-refractivity contribution in [3.8, 4) is 0 Å². The second-order valence-electron chi connectivity index (χ2n) is 15.1. The summed E-state index contributed by atoms with van der Waals surface area (Å²) in [6.07, 6.45) is 16.3. The van der Waals surface area contributed by atoms with Crippen LogP contribution in [0.5, 0.6) is 0 Å². The lowest BCUT2D eigenvalue weighted by Gasteiger charge is -2.28. The van der Waals surface area contributed by atoms with E-state index in [1.807, 2.05) is 0 Å². The van der Waals surface area contributed by atoms with Gasteiger partial charge in [0.2, 0.25) is 11.4 Å². The third-order valence-corrected chi connectivity index (χ3v) is 11.4. The molecular formula is C51H48ClN3O4. The quantitative estimate of drug-likeness (QED) is 0.117. The summed E-state index contributed by atoms with van der Waals surface area (Å²) in [5.41, 5.74) is 11.6. The predicted molar refractivity (Wildman–Crippen MR) is 230 cm³/mol. The third kappa shape index (κ3) is 8.39. The normalized spacial score (nSPS) is 15.2. The molecule has 0 bridgehead atoms. The molecule has 1 aromatic heterocycles. The molecule has 2 aliphatic rings. The van der Waals surface area contributed by atoms with E-state index in [4.69, 9.17) is 18.6 Å². The molecule has 0 fully saturated rings.